The first-order valence-electron chi connectivity index (χ1n) is 7.33. The first-order valence-corrected chi connectivity index (χ1v) is 8.13. The SMILES string of the molecule is COc1cc(N2CCN(c3ccncc3)CC2)c(Br)cc1N=O. The van der Waals surface area contributed by atoms with Crippen LogP contribution in [0, 0.1) is 4.91 Å². The zero-order valence-corrected chi connectivity index (χ0v) is 14.4. The second-order valence-corrected chi connectivity index (χ2v) is 6.10. The van der Waals surface area contributed by atoms with Crippen LogP contribution in [0.2, 0.25) is 0 Å². The van der Waals surface area contributed by atoms with E-state index >= 15 is 0 Å². The van der Waals surface area contributed by atoms with Crippen LogP contribution in [0.25, 0.3) is 0 Å². The van der Waals surface area contributed by atoms with E-state index in [0.717, 1.165) is 36.3 Å². The predicted octanol–water partition coefficient (Wildman–Crippen LogP) is 3.58. The van der Waals surface area contributed by atoms with Gasteiger partial charge in [0.2, 0.25) is 0 Å². The van der Waals surface area contributed by atoms with E-state index < -0.39 is 0 Å². The van der Waals surface area contributed by atoms with Gasteiger partial charge in [-0.25, -0.2) is 0 Å². The van der Waals surface area contributed by atoms with Crippen molar-refractivity contribution in [2.45, 2.75) is 0 Å². The van der Waals surface area contributed by atoms with Gasteiger partial charge in [-0.1, -0.05) is 0 Å². The molecule has 120 valence electrons. The van der Waals surface area contributed by atoms with Crippen LogP contribution in [0.5, 0.6) is 5.75 Å². The quantitative estimate of drug-likeness (QED) is 0.763. The number of halogens is 1. The minimum Gasteiger partial charge on any atom is -0.494 e. The first kappa shape index (κ1) is 15.7. The lowest BCUT2D eigenvalue weighted by atomic mass is 10.2. The second kappa shape index (κ2) is 6.95. The molecule has 1 fully saturated rings. The normalized spacial score (nSPS) is 14.7. The summed E-state index contributed by atoms with van der Waals surface area (Å²) in [6.07, 6.45) is 3.63. The van der Waals surface area contributed by atoms with Crippen molar-refractivity contribution in [2.75, 3.05) is 43.1 Å². The smallest absolute Gasteiger partial charge is 0.151 e. The van der Waals surface area contributed by atoms with Crippen LogP contribution in [0.4, 0.5) is 17.1 Å². The Labute approximate surface area is 143 Å². The zero-order chi connectivity index (χ0) is 16.2. The number of nitroso groups, excluding NO2 is 1. The first-order chi connectivity index (χ1) is 11.2. The van der Waals surface area contributed by atoms with Gasteiger partial charge in [-0.2, -0.15) is 0 Å². The van der Waals surface area contributed by atoms with Crippen molar-refractivity contribution in [3.05, 3.63) is 46.0 Å². The number of methoxy groups -OCH3 is 1. The maximum absolute atomic E-state index is 10.8. The summed E-state index contributed by atoms with van der Waals surface area (Å²) in [6.45, 7) is 3.62. The lowest BCUT2D eigenvalue weighted by molar-refractivity contribution is 0.416. The average Bonchev–Trinajstić information content (AvgIpc) is 2.62. The van der Waals surface area contributed by atoms with Gasteiger partial charge in [0.15, 0.2) is 5.69 Å². The minimum atomic E-state index is 0.304. The van der Waals surface area contributed by atoms with Crippen LogP contribution in [0.1, 0.15) is 0 Å². The third-order valence-electron chi connectivity index (χ3n) is 3.99. The van der Waals surface area contributed by atoms with Crippen LogP contribution >= 0.6 is 15.9 Å². The molecule has 0 unspecified atom stereocenters. The number of pyridine rings is 1. The molecule has 7 heteroatoms. The summed E-state index contributed by atoms with van der Waals surface area (Å²) in [5.74, 6) is 0.495. The molecule has 0 bridgehead atoms. The number of nitrogens with zero attached hydrogens (tertiary/aromatic N) is 4. The Hall–Kier alpha value is -2.15. The summed E-state index contributed by atoms with van der Waals surface area (Å²) in [5.41, 5.74) is 2.51. The number of rotatable bonds is 4. The number of ether oxygens (including phenoxy) is 1. The summed E-state index contributed by atoms with van der Waals surface area (Å²) in [4.78, 5) is 19.5. The van der Waals surface area contributed by atoms with Crippen molar-refractivity contribution < 1.29 is 4.74 Å². The number of hydrogen-bond donors (Lipinski definition) is 0. The summed E-state index contributed by atoms with van der Waals surface area (Å²) in [6, 6.07) is 7.62. The number of aromatic nitrogens is 1. The Morgan fingerprint density at radius 3 is 2.39 bits per heavy atom. The average molecular weight is 377 g/mol. The molecular formula is C16H17BrN4O2. The fourth-order valence-electron chi connectivity index (χ4n) is 2.77. The summed E-state index contributed by atoms with van der Waals surface area (Å²) in [5, 5.41) is 3.00. The van der Waals surface area contributed by atoms with Crippen molar-refractivity contribution in [1.82, 2.24) is 4.98 Å². The van der Waals surface area contributed by atoms with Gasteiger partial charge in [-0.3, -0.25) is 4.98 Å². The molecule has 1 aliphatic rings. The van der Waals surface area contributed by atoms with Crippen molar-refractivity contribution in [3.63, 3.8) is 0 Å². The van der Waals surface area contributed by atoms with Crippen LogP contribution in [-0.2, 0) is 0 Å². The summed E-state index contributed by atoms with van der Waals surface area (Å²) < 4.78 is 6.11. The predicted molar refractivity (Wildman–Crippen MR) is 94.8 cm³/mol. The molecule has 1 saturated heterocycles. The van der Waals surface area contributed by atoms with Gasteiger partial charge in [0, 0.05) is 54.8 Å². The maximum atomic E-state index is 10.8. The van der Waals surface area contributed by atoms with Crippen LogP contribution in [-0.4, -0.2) is 38.3 Å². The molecule has 6 nitrogen and oxygen atoms in total. The molecule has 0 N–H and O–H groups in total. The van der Waals surface area contributed by atoms with Crippen LogP contribution in [0.3, 0.4) is 0 Å². The van der Waals surface area contributed by atoms with E-state index in [1.54, 1.807) is 13.2 Å². The number of benzene rings is 1. The van der Waals surface area contributed by atoms with E-state index in [9.17, 15) is 4.91 Å². The van der Waals surface area contributed by atoms with Gasteiger partial charge in [0.25, 0.3) is 0 Å². The highest BCUT2D eigenvalue weighted by atomic mass is 79.9. The molecule has 23 heavy (non-hydrogen) atoms. The van der Waals surface area contributed by atoms with E-state index in [0.29, 0.717) is 11.4 Å². The summed E-state index contributed by atoms with van der Waals surface area (Å²) in [7, 11) is 1.54. The standard InChI is InChI=1S/C16H17BrN4O2/c1-23-16-11-15(13(17)10-14(16)19-22)21-8-6-20(7-9-21)12-2-4-18-5-3-12/h2-5,10-11H,6-9H2,1H3. The molecule has 0 atom stereocenters. The van der Waals surface area contributed by atoms with E-state index in [1.165, 1.54) is 5.69 Å². The van der Waals surface area contributed by atoms with Crippen molar-refractivity contribution >= 4 is 33.0 Å². The van der Waals surface area contributed by atoms with Crippen molar-refractivity contribution in [2.24, 2.45) is 5.18 Å². The third kappa shape index (κ3) is 3.29. The molecule has 2 heterocycles. The molecule has 1 aromatic heterocycles. The van der Waals surface area contributed by atoms with Crippen molar-refractivity contribution in [1.29, 1.82) is 0 Å². The highest BCUT2D eigenvalue weighted by Gasteiger charge is 2.21. The molecule has 0 saturated carbocycles. The molecule has 3 rings (SSSR count). The molecule has 2 aromatic rings. The highest BCUT2D eigenvalue weighted by molar-refractivity contribution is 9.10. The molecule has 0 amide bonds. The Morgan fingerprint density at radius 1 is 1.13 bits per heavy atom. The topological polar surface area (TPSA) is 58.0 Å². The fourth-order valence-corrected chi connectivity index (χ4v) is 3.35. The minimum absolute atomic E-state index is 0.304. The Kier molecular flexibility index (Phi) is 4.76. The lowest BCUT2D eigenvalue weighted by Crippen LogP contribution is -2.46. The molecular weight excluding hydrogens is 360 g/mol. The molecule has 0 aliphatic carbocycles. The Morgan fingerprint density at radius 2 is 1.78 bits per heavy atom. The van der Waals surface area contributed by atoms with E-state index in [1.807, 2.05) is 30.6 Å². The fraction of sp³-hybridized carbons (Fsp3) is 0.312. The lowest BCUT2D eigenvalue weighted by Gasteiger charge is -2.37. The number of anilines is 2. The molecule has 0 spiro atoms. The van der Waals surface area contributed by atoms with Gasteiger partial charge in [0.05, 0.1) is 12.8 Å². The van der Waals surface area contributed by atoms with Gasteiger partial charge in [0.1, 0.15) is 5.75 Å². The van der Waals surface area contributed by atoms with Gasteiger partial charge < -0.3 is 14.5 Å². The molecule has 1 aromatic carbocycles. The second-order valence-electron chi connectivity index (χ2n) is 5.25. The third-order valence-corrected chi connectivity index (χ3v) is 4.63. The maximum Gasteiger partial charge on any atom is 0.151 e. The largest absolute Gasteiger partial charge is 0.494 e. The van der Waals surface area contributed by atoms with E-state index in [2.05, 4.69) is 35.9 Å². The van der Waals surface area contributed by atoms with Crippen LogP contribution in [0.15, 0.2) is 46.3 Å². The molecule has 0 radical (unpaired) electrons. The van der Waals surface area contributed by atoms with Crippen LogP contribution < -0.4 is 14.5 Å². The van der Waals surface area contributed by atoms with Gasteiger partial charge in [-0.15, -0.1) is 4.91 Å². The Bertz CT molecular complexity index is 688. The number of piperazine rings is 1. The van der Waals surface area contributed by atoms with Gasteiger partial charge in [-0.05, 0) is 39.3 Å². The number of hydrogen-bond acceptors (Lipinski definition) is 6. The highest BCUT2D eigenvalue weighted by Crippen LogP contribution is 2.38. The molecule has 1 aliphatic heterocycles. The summed E-state index contributed by atoms with van der Waals surface area (Å²) >= 11 is 3.53. The van der Waals surface area contributed by atoms with Crippen molar-refractivity contribution in [3.8, 4) is 5.75 Å². The monoisotopic (exact) mass is 376 g/mol. The Balaban J connectivity index is 1.76. The van der Waals surface area contributed by atoms with E-state index in [-0.39, 0.29) is 0 Å². The van der Waals surface area contributed by atoms with E-state index in [4.69, 9.17) is 4.74 Å². The zero-order valence-electron chi connectivity index (χ0n) is 12.8. The van der Waals surface area contributed by atoms with Gasteiger partial charge >= 0.3 is 0 Å².